The lowest BCUT2D eigenvalue weighted by Gasteiger charge is -2.28. The average molecular weight is 1470 g/mol. The van der Waals surface area contributed by atoms with Crippen LogP contribution in [0.3, 0.4) is 0 Å². The first-order chi connectivity index (χ1) is 49.0. The Morgan fingerprint density at radius 1 is 0.186 bits per heavy atom. The van der Waals surface area contributed by atoms with Crippen LogP contribution in [0.5, 0.6) is 0 Å². The predicted molar refractivity (Wildman–Crippen MR) is 439 cm³/mol. The molecule has 0 aromatic heterocycles. The first-order valence-corrected chi connectivity index (χ1v) is 43.3. The number of nitrogens with zero attached hydrogens (tertiary/aromatic N) is 8. The molecular weight excluding hydrogens is 1280 g/mol. The third-order valence-electron chi connectivity index (χ3n) is 19.4. The number of rotatable bonds is 74. The first kappa shape index (κ1) is 108. The fraction of sp³-hybridized carbons (Fsp3) is 1.00. The van der Waals surface area contributed by atoms with Crippen LogP contribution < -0.4 is 0 Å². The first-order valence-electron chi connectivity index (χ1n) is 43.3. The molecule has 18 nitrogen and oxygen atoms in total. The third kappa shape index (κ3) is 83.3. The van der Waals surface area contributed by atoms with E-state index in [0.717, 1.165) is 194 Å². The molecule has 8 unspecified atom stereocenters. The van der Waals surface area contributed by atoms with Gasteiger partial charge < -0.3 is 70.7 Å². The summed E-state index contributed by atoms with van der Waals surface area (Å²) in [5, 5.41) is 98.8. The molecule has 10 N–H and O–H groups in total. The Morgan fingerprint density at radius 2 is 0.382 bits per heavy atom. The second-order valence-corrected chi connectivity index (χ2v) is 31.4. The van der Waals surface area contributed by atoms with Gasteiger partial charge in [0.15, 0.2) is 0 Å². The SMILES string of the molecule is CCCC(O)CN(CCCN(C)C)CC(O)CCC.CCCC(O)CN(CCCN(C)C)CC(O)CCC.CCCC(O)CN(CCCN(CCO)CCO)CC(O)CCC.CCCCCCCCCCCCCCC(O)CN(C)CCCN(C)CC(O)CCCCCCCCCCCCCC. The lowest BCUT2D eigenvalue weighted by atomic mass is 10.0. The molecule has 8 atom stereocenters. The van der Waals surface area contributed by atoms with Gasteiger partial charge in [0.1, 0.15) is 0 Å². The van der Waals surface area contributed by atoms with E-state index in [0.29, 0.717) is 52.4 Å². The van der Waals surface area contributed by atoms with Crippen LogP contribution in [0.25, 0.3) is 0 Å². The highest BCUT2D eigenvalue weighted by Gasteiger charge is 2.19. The summed E-state index contributed by atoms with van der Waals surface area (Å²) in [5.74, 6) is 0. The Kier molecular flexibility index (Phi) is 87.3. The van der Waals surface area contributed by atoms with Crippen molar-refractivity contribution in [2.24, 2.45) is 0 Å². The molecule has 0 spiro atoms. The molecule has 102 heavy (non-hydrogen) atoms. The molecule has 0 saturated heterocycles. The topological polar surface area (TPSA) is 228 Å². The Labute approximate surface area is 634 Å². The third-order valence-corrected chi connectivity index (χ3v) is 19.4. The summed E-state index contributed by atoms with van der Waals surface area (Å²) in [4.78, 5) is 17.5. The minimum Gasteiger partial charge on any atom is -0.395 e. The summed E-state index contributed by atoms with van der Waals surface area (Å²) in [5.41, 5.74) is 0. The van der Waals surface area contributed by atoms with Crippen LogP contribution in [0, 0.1) is 0 Å². The van der Waals surface area contributed by atoms with Gasteiger partial charge in [-0.05, 0) is 172 Å². The Morgan fingerprint density at radius 3 is 0.598 bits per heavy atom. The van der Waals surface area contributed by atoms with Gasteiger partial charge in [0.2, 0.25) is 0 Å². The van der Waals surface area contributed by atoms with Crippen molar-refractivity contribution in [2.45, 2.75) is 374 Å². The molecular formula is C84H184N8O10. The van der Waals surface area contributed by atoms with Gasteiger partial charge in [-0.1, -0.05) is 248 Å². The van der Waals surface area contributed by atoms with Crippen molar-refractivity contribution < 1.29 is 51.1 Å². The Balaban J connectivity index is -0.000000670. The molecule has 18 heteroatoms. The standard InChI is InChI=1S/C37H78N2O2.C17H38N2O4.2C15H34N2O2/c1-5-7-9-11-13-15-17-19-21-23-25-27-30-36(40)34-38(3)32-29-33-39(4)35-37(41)31-28-26-24-22-20-18-16-14-12-10-8-6-2;1-3-6-16(22)14-19(15-17(23)7-4-2)9-5-8-18(10-12-20)11-13-21;2*1-5-8-14(18)12-17(11-7-10-16(3)4)13-15(19)9-6-2/h36-37,40-41H,5-35H2,1-4H3;16-17,20-23H,3-15H2,1-2H3;2*14-15,18-19H,5-13H2,1-4H3. The summed E-state index contributed by atoms with van der Waals surface area (Å²) in [6, 6.07) is 0. The van der Waals surface area contributed by atoms with E-state index in [1.165, 1.54) is 141 Å². The van der Waals surface area contributed by atoms with Gasteiger partial charge >= 0.3 is 0 Å². The number of likely N-dealkylation sites (N-methyl/N-ethyl adjacent to an activating group) is 2. The van der Waals surface area contributed by atoms with Crippen molar-refractivity contribution in [1.82, 2.24) is 39.2 Å². The highest BCUT2D eigenvalue weighted by Crippen LogP contribution is 2.17. The summed E-state index contributed by atoms with van der Waals surface area (Å²) in [6.07, 6.45) is 47.4. The Bertz CT molecular complexity index is 1440. The van der Waals surface area contributed by atoms with Crippen LogP contribution in [-0.4, -0.2) is 312 Å². The van der Waals surface area contributed by atoms with E-state index in [1.54, 1.807) is 0 Å². The van der Waals surface area contributed by atoms with Crippen LogP contribution in [0.4, 0.5) is 0 Å². The molecule has 0 aromatic carbocycles. The maximum Gasteiger partial charge on any atom is 0.0667 e. The monoisotopic (exact) mass is 1470 g/mol. The molecule has 0 heterocycles. The number of hydrogen-bond donors (Lipinski definition) is 10. The minimum atomic E-state index is -0.347. The lowest BCUT2D eigenvalue weighted by molar-refractivity contribution is 0.0588. The number of hydrogen-bond acceptors (Lipinski definition) is 18. The molecule has 0 aliphatic carbocycles. The minimum absolute atomic E-state index is 0.0914. The molecule has 0 amide bonds. The predicted octanol–water partition coefficient (Wildman–Crippen LogP) is 13.6. The molecule has 0 aliphatic rings. The van der Waals surface area contributed by atoms with Gasteiger partial charge in [-0.15, -0.1) is 0 Å². The van der Waals surface area contributed by atoms with E-state index in [9.17, 15) is 40.9 Å². The van der Waals surface area contributed by atoms with Crippen molar-refractivity contribution in [3.63, 3.8) is 0 Å². The average Bonchev–Trinajstić information content (AvgIpc) is 0.987. The second-order valence-electron chi connectivity index (χ2n) is 31.4. The van der Waals surface area contributed by atoms with Gasteiger partial charge in [-0.3, -0.25) is 19.6 Å². The fourth-order valence-electron chi connectivity index (χ4n) is 13.6. The fourth-order valence-corrected chi connectivity index (χ4v) is 13.6. The highest BCUT2D eigenvalue weighted by molar-refractivity contribution is 4.74. The summed E-state index contributed by atoms with van der Waals surface area (Å²) in [6.45, 7) is 31.4. The van der Waals surface area contributed by atoms with Crippen LogP contribution in [0.1, 0.15) is 325 Å². The van der Waals surface area contributed by atoms with Crippen molar-refractivity contribution in [3.05, 3.63) is 0 Å². The zero-order valence-electron chi connectivity index (χ0n) is 70.5. The largest absolute Gasteiger partial charge is 0.395 e. The summed E-state index contributed by atoms with van der Waals surface area (Å²) >= 11 is 0. The molecule has 0 aromatic rings. The van der Waals surface area contributed by atoms with Crippen LogP contribution in [-0.2, 0) is 0 Å². The van der Waals surface area contributed by atoms with E-state index in [4.69, 9.17) is 10.2 Å². The molecule has 620 valence electrons. The quantitative estimate of drug-likeness (QED) is 0.0255. The molecule has 0 rings (SSSR count). The highest BCUT2D eigenvalue weighted by atomic mass is 16.3. The molecule has 0 fully saturated rings. The molecule has 0 saturated carbocycles. The number of aliphatic hydroxyl groups is 10. The lowest BCUT2D eigenvalue weighted by Crippen LogP contribution is -2.40. The van der Waals surface area contributed by atoms with Crippen LogP contribution in [0.2, 0.25) is 0 Å². The van der Waals surface area contributed by atoms with E-state index in [1.807, 2.05) is 4.90 Å². The van der Waals surface area contributed by atoms with Crippen molar-refractivity contribution in [2.75, 3.05) is 173 Å². The maximum atomic E-state index is 10.4. The van der Waals surface area contributed by atoms with Gasteiger partial charge in [-0.2, -0.15) is 0 Å². The summed E-state index contributed by atoms with van der Waals surface area (Å²) < 4.78 is 0. The number of aliphatic hydroxyl groups excluding tert-OH is 10. The van der Waals surface area contributed by atoms with E-state index >= 15 is 0 Å². The van der Waals surface area contributed by atoms with Crippen molar-refractivity contribution in [1.29, 1.82) is 0 Å². The molecule has 0 radical (unpaired) electrons. The summed E-state index contributed by atoms with van der Waals surface area (Å²) in [7, 11) is 12.6. The number of unbranched alkanes of at least 4 members (excludes halogenated alkanes) is 22. The van der Waals surface area contributed by atoms with Gasteiger partial charge in [0, 0.05) is 65.4 Å². The smallest absolute Gasteiger partial charge is 0.0667 e. The van der Waals surface area contributed by atoms with Crippen LogP contribution in [0.15, 0.2) is 0 Å². The second kappa shape index (κ2) is 82.8. The van der Waals surface area contributed by atoms with Crippen LogP contribution >= 0.6 is 0 Å². The normalized spacial score (nSPS) is 14.4. The van der Waals surface area contributed by atoms with Gasteiger partial charge in [0.05, 0.1) is 62.0 Å². The van der Waals surface area contributed by atoms with E-state index in [-0.39, 0.29) is 62.0 Å². The Hall–Kier alpha value is -0.720. The molecule has 0 aliphatic heterocycles. The molecule has 0 bridgehead atoms. The van der Waals surface area contributed by atoms with Crippen molar-refractivity contribution >= 4 is 0 Å². The zero-order chi connectivity index (χ0) is 77.1. The van der Waals surface area contributed by atoms with Crippen molar-refractivity contribution in [3.8, 4) is 0 Å². The van der Waals surface area contributed by atoms with E-state index < -0.39 is 0 Å². The zero-order valence-corrected chi connectivity index (χ0v) is 70.5. The van der Waals surface area contributed by atoms with Gasteiger partial charge in [0.25, 0.3) is 0 Å². The van der Waals surface area contributed by atoms with Gasteiger partial charge in [-0.25, -0.2) is 0 Å². The van der Waals surface area contributed by atoms with E-state index in [2.05, 4.69) is 132 Å². The maximum absolute atomic E-state index is 10.4.